The molecule has 3 aromatic rings. The topological polar surface area (TPSA) is 90.0 Å². The minimum atomic E-state index is 0.356. The maximum absolute atomic E-state index is 5.98. The van der Waals surface area contributed by atoms with Crippen molar-refractivity contribution in [3.63, 3.8) is 0 Å². The Morgan fingerprint density at radius 2 is 1.74 bits per heavy atom. The molecule has 3 heterocycles. The van der Waals surface area contributed by atoms with E-state index in [1.807, 2.05) is 54.6 Å². The Balaban J connectivity index is 1.28. The van der Waals surface area contributed by atoms with Gasteiger partial charge in [-0.15, -0.1) is 0 Å². The summed E-state index contributed by atoms with van der Waals surface area (Å²) >= 11 is 5.50. The molecule has 5 rings (SSSR count). The number of thiocarbonyl (C=S) groups is 1. The van der Waals surface area contributed by atoms with Gasteiger partial charge in [-0.1, -0.05) is 24.3 Å². The summed E-state index contributed by atoms with van der Waals surface area (Å²) in [5.74, 6) is 3.74. The lowest BCUT2D eigenvalue weighted by Crippen LogP contribution is -2.37. The Morgan fingerprint density at radius 1 is 0.941 bits per heavy atom. The van der Waals surface area contributed by atoms with E-state index >= 15 is 0 Å². The number of ether oxygens (including phenoxy) is 4. The normalized spacial score (nSPS) is 14.9. The Labute approximate surface area is 203 Å². The molecule has 1 saturated heterocycles. The summed E-state index contributed by atoms with van der Waals surface area (Å²) in [4.78, 5) is 11.3. The fourth-order valence-corrected chi connectivity index (χ4v) is 3.77. The minimum absolute atomic E-state index is 0.356. The third-order valence-electron chi connectivity index (χ3n) is 5.27. The van der Waals surface area contributed by atoms with Crippen molar-refractivity contribution in [3.8, 4) is 23.1 Å². The standard InChI is InChI=1S/C24H25N5O4S/c34-24(25-16-17-6-7-19-20(14-17)32-13-12-31-19)28-23-26-21(29-8-10-30-11-9-29)15-22(27-23)33-18-4-2-1-3-5-18/h1-7,14-15H,8-13,16H2,(H2,25,26,27,28,34). The maximum atomic E-state index is 5.98. The largest absolute Gasteiger partial charge is 0.486 e. The first-order valence-electron chi connectivity index (χ1n) is 11.1. The highest BCUT2D eigenvalue weighted by molar-refractivity contribution is 7.80. The molecule has 0 saturated carbocycles. The van der Waals surface area contributed by atoms with Crippen LogP contribution in [0, 0.1) is 0 Å². The third-order valence-corrected chi connectivity index (χ3v) is 5.52. The smallest absolute Gasteiger partial charge is 0.234 e. The lowest BCUT2D eigenvalue weighted by atomic mass is 10.2. The molecule has 1 aromatic heterocycles. The second-order valence-electron chi connectivity index (χ2n) is 7.69. The van der Waals surface area contributed by atoms with Crippen LogP contribution in [0.3, 0.4) is 0 Å². The summed E-state index contributed by atoms with van der Waals surface area (Å²) in [7, 11) is 0. The number of hydrogen-bond acceptors (Lipinski definition) is 8. The zero-order chi connectivity index (χ0) is 23.2. The number of fused-ring (bicyclic) bond motifs is 1. The molecule has 0 aliphatic carbocycles. The van der Waals surface area contributed by atoms with Gasteiger partial charge in [-0.2, -0.15) is 9.97 Å². The molecule has 176 valence electrons. The van der Waals surface area contributed by atoms with E-state index in [4.69, 9.17) is 31.2 Å². The number of rotatable bonds is 6. The SMILES string of the molecule is S=C(NCc1ccc2c(c1)OCCO2)Nc1nc(Oc2ccccc2)cc(N2CCOCC2)n1. The zero-order valence-electron chi connectivity index (χ0n) is 18.5. The second kappa shape index (κ2) is 10.5. The van der Waals surface area contributed by atoms with Gasteiger partial charge in [0.05, 0.1) is 13.2 Å². The molecule has 1 fully saturated rings. The van der Waals surface area contributed by atoms with Gasteiger partial charge in [0.2, 0.25) is 11.8 Å². The summed E-state index contributed by atoms with van der Waals surface area (Å²) in [5.41, 5.74) is 1.02. The Morgan fingerprint density at radius 3 is 2.56 bits per heavy atom. The molecule has 9 nitrogen and oxygen atoms in total. The molecule has 34 heavy (non-hydrogen) atoms. The Bertz CT molecular complexity index is 1140. The second-order valence-corrected chi connectivity index (χ2v) is 8.10. The van der Waals surface area contributed by atoms with Gasteiger partial charge >= 0.3 is 0 Å². The lowest BCUT2D eigenvalue weighted by Gasteiger charge is -2.28. The Hall–Kier alpha value is -3.63. The van der Waals surface area contributed by atoms with Gasteiger partial charge in [0, 0.05) is 25.7 Å². The molecule has 0 amide bonds. The van der Waals surface area contributed by atoms with E-state index in [0.29, 0.717) is 55.7 Å². The van der Waals surface area contributed by atoms with E-state index in [0.717, 1.165) is 36.0 Å². The minimum Gasteiger partial charge on any atom is -0.486 e. The highest BCUT2D eigenvalue weighted by atomic mass is 32.1. The summed E-state index contributed by atoms with van der Waals surface area (Å²) in [6.07, 6.45) is 0. The van der Waals surface area contributed by atoms with Crippen molar-refractivity contribution in [1.82, 2.24) is 15.3 Å². The summed E-state index contributed by atoms with van der Waals surface area (Å²) in [6.45, 7) is 4.42. The average molecular weight is 480 g/mol. The average Bonchev–Trinajstić information content (AvgIpc) is 2.88. The van der Waals surface area contributed by atoms with Crippen LogP contribution in [0.2, 0.25) is 0 Å². The first-order chi connectivity index (χ1) is 16.7. The van der Waals surface area contributed by atoms with Crippen LogP contribution in [0.4, 0.5) is 11.8 Å². The predicted octanol–water partition coefficient (Wildman–Crippen LogP) is 3.36. The molecule has 10 heteroatoms. The summed E-state index contributed by atoms with van der Waals surface area (Å²) < 4.78 is 22.7. The molecular weight excluding hydrogens is 454 g/mol. The molecular formula is C24H25N5O4S. The van der Waals surface area contributed by atoms with Crippen LogP contribution in [-0.4, -0.2) is 54.6 Å². The molecule has 0 radical (unpaired) electrons. The number of para-hydroxylation sites is 1. The van der Waals surface area contributed by atoms with E-state index in [2.05, 4.69) is 25.5 Å². The van der Waals surface area contributed by atoms with Gasteiger partial charge < -0.3 is 34.5 Å². The van der Waals surface area contributed by atoms with Crippen molar-refractivity contribution in [3.05, 3.63) is 60.2 Å². The van der Waals surface area contributed by atoms with Crippen molar-refractivity contribution < 1.29 is 18.9 Å². The van der Waals surface area contributed by atoms with Crippen LogP contribution in [0.5, 0.6) is 23.1 Å². The van der Waals surface area contributed by atoms with Gasteiger partial charge in [-0.25, -0.2) is 0 Å². The number of morpholine rings is 1. The van der Waals surface area contributed by atoms with E-state index in [-0.39, 0.29) is 0 Å². The highest BCUT2D eigenvalue weighted by Gasteiger charge is 2.17. The fourth-order valence-electron chi connectivity index (χ4n) is 3.61. The van der Waals surface area contributed by atoms with Crippen LogP contribution in [0.15, 0.2) is 54.6 Å². The number of anilines is 2. The predicted molar refractivity (Wildman–Crippen MR) is 132 cm³/mol. The highest BCUT2D eigenvalue weighted by Crippen LogP contribution is 2.30. The van der Waals surface area contributed by atoms with Crippen LogP contribution in [0.25, 0.3) is 0 Å². The molecule has 0 atom stereocenters. The van der Waals surface area contributed by atoms with Gasteiger partial charge in [0.15, 0.2) is 16.6 Å². The van der Waals surface area contributed by atoms with E-state index in [1.165, 1.54) is 0 Å². The summed E-state index contributed by atoms with van der Waals surface area (Å²) in [6, 6.07) is 17.2. The molecule has 0 unspecified atom stereocenters. The van der Waals surface area contributed by atoms with Gasteiger partial charge in [0.25, 0.3) is 0 Å². The Kier molecular flexibility index (Phi) is 6.87. The number of nitrogens with one attached hydrogen (secondary N) is 2. The number of aromatic nitrogens is 2. The van der Waals surface area contributed by atoms with Crippen molar-refractivity contribution >= 4 is 29.1 Å². The van der Waals surface area contributed by atoms with Crippen LogP contribution in [0.1, 0.15) is 5.56 Å². The molecule has 0 spiro atoms. The van der Waals surface area contributed by atoms with Gasteiger partial charge in [-0.3, -0.25) is 0 Å². The third kappa shape index (κ3) is 5.64. The summed E-state index contributed by atoms with van der Waals surface area (Å²) in [5, 5.41) is 6.68. The number of hydrogen-bond donors (Lipinski definition) is 2. The van der Waals surface area contributed by atoms with Crippen LogP contribution in [-0.2, 0) is 11.3 Å². The van der Waals surface area contributed by atoms with Gasteiger partial charge in [0.1, 0.15) is 24.8 Å². The molecule has 0 bridgehead atoms. The zero-order valence-corrected chi connectivity index (χ0v) is 19.3. The van der Waals surface area contributed by atoms with E-state index in [9.17, 15) is 0 Å². The lowest BCUT2D eigenvalue weighted by molar-refractivity contribution is 0.122. The first-order valence-corrected chi connectivity index (χ1v) is 11.5. The molecule has 2 aliphatic rings. The first kappa shape index (κ1) is 22.2. The van der Waals surface area contributed by atoms with Crippen molar-refractivity contribution in [1.29, 1.82) is 0 Å². The van der Waals surface area contributed by atoms with Crippen molar-refractivity contribution in [2.45, 2.75) is 6.54 Å². The molecule has 2 aromatic carbocycles. The fraction of sp³-hybridized carbons (Fsp3) is 0.292. The van der Waals surface area contributed by atoms with Crippen LogP contribution < -0.4 is 29.7 Å². The number of nitrogens with zero attached hydrogens (tertiary/aromatic N) is 3. The molecule has 2 aliphatic heterocycles. The van der Waals surface area contributed by atoms with Gasteiger partial charge in [-0.05, 0) is 42.0 Å². The number of benzene rings is 2. The van der Waals surface area contributed by atoms with Crippen LogP contribution >= 0.6 is 12.2 Å². The molecule has 2 N–H and O–H groups in total. The maximum Gasteiger partial charge on any atom is 0.234 e. The monoisotopic (exact) mass is 479 g/mol. The van der Waals surface area contributed by atoms with Crippen molar-refractivity contribution in [2.24, 2.45) is 0 Å². The quantitative estimate of drug-likeness (QED) is 0.513. The van der Waals surface area contributed by atoms with E-state index in [1.54, 1.807) is 0 Å². The van der Waals surface area contributed by atoms with E-state index < -0.39 is 0 Å². The van der Waals surface area contributed by atoms with Crippen molar-refractivity contribution in [2.75, 3.05) is 49.7 Å².